The van der Waals surface area contributed by atoms with Crippen LogP contribution in [0.25, 0.3) is 11.0 Å². The average Bonchev–Trinajstić information content (AvgIpc) is 3.20. The molecule has 14 heteroatoms. The molecule has 0 aliphatic rings. The van der Waals surface area contributed by atoms with E-state index in [2.05, 4.69) is 10.3 Å². The normalized spacial score (nSPS) is 13.1. The molecule has 0 saturated heterocycles. The Morgan fingerprint density at radius 3 is 1.94 bits per heavy atom. The minimum atomic E-state index is -6.21. The fourth-order valence-corrected chi connectivity index (χ4v) is 4.05. The Labute approximate surface area is 246 Å². The molecule has 178 valence electrons. The van der Waals surface area contributed by atoms with Gasteiger partial charge in [0.25, 0.3) is 5.66 Å². The van der Waals surface area contributed by atoms with E-state index in [0.29, 0.717) is 22.2 Å². The van der Waals surface area contributed by atoms with Crippen LogP contribution in [0.3, 0.4) is 0 Å². The Bertz CT molecular complexity index is 1360. The average molecular weight is 541 g/mol. The van der Waals surface area contributed by atoms with Crippen molar-refractivity contribution in [3.63, 3.8) is 0 Å². The summed E-state index contributed by atoms with van der Waals surface area (Å²) in [7, 11) is -6.21. The van der Waals surface area contributed by atoms with Gasteiger partial charge in [-0.3, -0.25) is 0 Å². The van der Waals surface area contributed by atoms with Crippen LogP contribution in [0.15, 0.2) is 72.8 Å². The van der Waals surface area contributed by atoms with Gasteiger partial charge in [-0.15, -0.1) is 5.10 Å². The molecule has 1 heterocycles. The zero-order valence-electron chi connectivity index (χ0n) is 19.1. The number of alkyl halides is 5. The van der Waals surface area contributed by atoms with Gasteiger partial charge < -0.3 is 14.4 Å². The van der Waals surface area contributed by atoms with E-state index in [1.54, 1.807) is 24.3 Å². The van der Waals surface area contributed by atoms with Crippen molar-refractivity contribution in [2.75, 3.05) is 0 Å². The van der Waals surface area contributed by atoms with Crippen LogP contribution >= 0.6 is 7.60 Å². The summed E-state index contributed by atoms with van der Waals surface area (Å²) in [4.78, 5) is 21.8. The molecule has 0 saturated carbocycles. The maximum atomic E-state index is 13.9. The van der Waals surface area contributed by atoms with Gasteiger partial charge in [0.1, 0.15) is 5.52 Å². The van der Waals surface area contributed by atoms with E-state index in [1.165, 1.54) is 28.9 Å². The first-order valence-corrected chi connectivity index (χ1v) is 11.4. The van der Waals surface area contributed by atoms with Gasteiger partial charge in [-0.1, -0.05) is 53.7 Å². The molecule has 36 heavy (non-hydrogen) atoms. The Morgan fingerprint density at radius 2 is 1.39 bits per heavy atom. The summed E-state index contributed by atoms with van der Waals surface area (Å²) in [5, 5.41) is 8.20. The Kier molecular flexibility index (Phi) is 10.1. The van der Waals surface area contributed by atoms with E-state index in [0.717, 1.165) is 24.3 Å². The standard InChI is InChI=1S/C22H17F5N3O3P.2Na/c23-21(24,25)16-11-7-15(8-12-16)20(30-19-4-2-1-3-18(19)28-29-30)13-14-5-9-17(10-6-14)22(26,27)34(31,32)33;;/h1-12,20H,13H2,(H2,31,32,33);;/q;2*+1/p-2. The quantitative estimate of drug-likeness (QED) is 0.164. The molecule has 0 fully saturated rings. The summed E-state index contributed by atoms with van der Waals surface area (Å²) in [5.41, 5.74) is -4.30. The van der Waals surface area contributed by atoms with Crippen LogP contribution in [0.1, 0.15) is 28.3 Å². The summed E-state index contributed by atoms with van der Waals surface area (Å²) in [6.07, 6.45) is -4.41. The van der Waals surface area contributed by atoms with E-state index >= 15 is 0 Å². The molecule has 0 bridgehead atoms. The van der Waals surface area contributed by atoms with Crippen molar-refractivity contribution in [2.45, 2.75) is 24.3 Å². The van der Waals surface area contributed by atoms with Gasteiger partial charge in [0.05, 0.1) is 17.1 Å². The molecule has 0 spiro atoms. The molecule has 1 atom stereocenters. The van der Waals surface area contributed by atoms with E-state index < -0.39 is 36.6 Å². The number of hydrogen-bond donors (Lipinski definition) is 0. The largest absolute Gasteiger partial charge is 1.00 e. The number of fused-ring (bicyclic) bond motifs is 1. The number of halogens is 5. The third-order valence-electron chi connectivity index (χ3n) is 5.37. The molecule has 0 aliphatic carbocycles. The van der Waals surface area contributed by atoms with Crippen molar-refractivity contribution in [2.24, 2.45) is 0 Å². The molecule has 6 nitrogen and oxygen atoms in total. The predicted molar refractivity (Wildman–Crippen MR) is 109 cm³/mol. The zero-order chi connectivity index (χ0) is 24.7. The second kappa shape index (κ2) is 11.7. The summed E-state index contributed by atoms with van der Waals surface area (Å²) in [5.74, 6) is 0. The van der Waals surface area contributed by atoms with Gasteiger partial charge in [-0.2, -0.15) is 22.0 Å². The third-order valence-corrected chi connectivity index (χ3v) is 6.32. The van der Waals surface area contributed by atoms with E-state index in [9.17, 15) is 36.3 Å². The van der Waals surface area contributed by atoms with Gasteiger partial charge in [-0.05, 0) is 41.8 Å². The van der Waals surface area contributed by atoms with Crippen LogP contribution in [-0.2, 0) is 22.8 Å². The summed E-state index contributed by atoms with van der Waals surface area (Å²) < 4.78 is 79.2. The molecule has 1 unspecified atom stereocenters. The predicted octanol–water partition coefficient (Wildman–Crippen LogP) is -1.75. The van der Waals surface area contributed by atoms with Crippen molar-refractivity contribution >= 4 is 18.6 Å². The minimum Gasteiger partial charge on any atom is -0.806 e. The topological polar surface area (TPSA) is 93.9 Å². The fraction of sp³-hybridized carbons (Fsp3) is 0.182. The number of para-hydroxylation sites is 1. The van der Waals surface area contributed by atoms with Crippen molar-refractivity contribution in [3.05, 3.63) is 95.1 Å². The minimum absolute atomic E-state index is 0. The van der Waals surface area contributed by atoms with Crippen LogP contribution in [-0.4, -0.2) is 15.0 Å². The van der Waals surface area contributed by atoms with Gasteiger partial charge in [0.2, 0.25) is 0 Å². The summed E-state index contributed by atoms with van der Waals surface area (Å²) in [6.45, 7) is 0. The Hall–Kier alpha value is -1.14. The molecule has 0 amide bonds. The van der Waals surface area contributed by atoms with Gasteiger partial charge >= 0.3 is 65.3 Å². The van der Waals surface area contributed by atoms with Gasteiger partial charge in [0.15, 0.2) is 0 Å². The molecule has 4 aromatic rings. The van der Waals surface area contributed by atoms with Crippen LogP contribution in [0.2, 0.25) is 0 Å². The first-order chi connectivity index (χ1) is 15.9. The van der Waals surface area contributed by atoms with Gasteiger partial charge in [0, 0.05) is 13.2 Å². The molecule has 0 radical (unpaired) electrons. The Morgan fingerprint density at radius 1 is 0.833 bits per heavy atom. The van der Waals surface area contributed by atoms with Crippen molar-refractivity contribution in [3.8, 4) is 0 Å². The van der Waals surface area contributed by atoms with Crippen LogP contribution in [0, 0.1) is 0 Å². The van der Waals surface area contributed by atoms with Crippen molar-refractivity contribution in [1.29, 1.82) is 0 Å². The summed E-state index contributed by atoms with van der Waals surface area (Å²) in [6, 6.07) is 14.9. The molecule has 0 aliphatic heterocycles. The number of hydrogen-bond acceptors (Lipinski definition) is 5. The number of aromatic nitrogens is 3. The first kappa shape index (κ1) is 31.1. The molecule has 4 rings (SSSR count). The maximum absolute atomic E-state index is 13.9. The van der Waals surface area contributed by atoms with E-state index in [-0.39, 0.29) is 65.5 Å². The molecule has 0 N–H and O–H groups in total. The molecular formula is C22H15F5N3Na2O3P. The SMILES string of the molecule is O=P([O-])([O-])C(F)(F)c1ccc(CC(c2ccc(C(F)(F)F)cc2)n2nnc3ccccc32)cc1.[Na+].[Na+]. The second-order valence-corrected chi connectivity index (χ2v) is 9.15. The summed E-state index contributed by atoms with van der Waals surface area (Å²) >= 11 is 0. The third kappa shape index (κ3) is 6.46. The van der Waals surface area contributed by atoms with Crippen molar-refractivity contribution < 1.29 is 95.4 Å². The molecular weight excluding hydrogens is 526 g/mol. The second-order valence-electron chi connectivity index (χ2n) is 7.60. The van der Waals surface area contributed by atoms with Crippen LogP contribution in [0.5, 0.6) is 0 Å². The maximum Gasteiger partial charge on any atom is 1.00 e. The number of benzene rings is 3. The zero-order valence-corrected chi connectivity index (χ0v) is 24.0. The number of nitrogens with zero attached hydrogens (tertiary/aromatic N) is 3. The van der Waals surface area contributed by atoms with Gasteiger partial charge in [-0.25, -0.2) is 4.68 Å². The fourth-order valence-electron chi connectivity index (χ4n) is 3.58. The van der Waals surface area contributed by atoms with E-state index in [4.69, 9.17) is 0 Å². The van der Waals surface area contributed by atoms with Crippen LogP contribution in [0.4, 0.5) is 22.0 Å². The smallest absolute Gasteiger partial charge is 0.806 e. The Balaban J connectivity index is 0.00000228. The monoisotopic (exact) mass is 541 g/mol. The number of rotatable bonds is 6. The van der Waals surface area contributed by atoms with Crippen LogP contribution < -0.4 is 68.9 Å². The first-order valence-electron chi connectivity index (χ1n) is 9.84. The molecule has 3 aromatic carbocycles. The molecule has 1 aromatic heterocycles. The van der Waals surface area contributed by atoms with Crippen molar-refractivity contribution in [1.82, 2.24) is 15.0 Å². The van der Waals surface area contributed by atoms with E-state index in [1.807, 2.05) is 0 Å².